The molecule has 3 rings (SSSR count). The molecule has 6 heteroatoms. The molecule has 2 N–H and O–H groups in total. The van der Waals surface area contributed by atoms with Crippen LogP contribution >= 0.6 is 0 Å². The minimum absolute atomic E-state index is 0.190. The highest BCUT2D eigenvalue weighted by molar-refractivity contribution is 7.93. The van der Waals surface area contributed by atoms with E-state index in [1.54, 1.807) is 38.1 Å². The third kappa shape index (κ3) is 4.33. The summed E-state index contributed by atoms with van der Waals surface area (Å²) < 4.78 is 26.4. The fraction of sp³-hybridized carbons (Fsp3) is 0.381. The number of hydrogen-bond donors (Lipinski definition) is 2. The van der Waals surface area contributed by atoms with Gasteiger partial charge in [0, 0.05) is 16.9 Å². The molecule has 1 amide bonds. The molecule has 0 saturated heterocycles. The molecular weight excluding hydrogens is 360 g/mol. The van der Waals surface area contributed by atoms with Crippen molar-refractivity contribution in [1.82, 2.24) is 0 Å². The molecule has 0 spiro atoms. The molecule has 144 valence electrons. The minimum Gasteiger partial charge on any atom is -0.322 e. The van der Waals surface area contributed by atoms with E-state index in [0.717, 1.165) is 24.9 Å². The molecule has 0 atom stereocenters. The van der Waals surface area contributed by atoms with E-state index in [9.17, 15) is 13.2 Å². The van der Waals surface area contributed by atoms with Crippen molar-refractivity contribution in [2.45, 2.75) is 51.7 Å². The van der Waals surface area contributed by atoms with Crippen molar-refractivity contribution in [3.8, 4) is 0 Å². The largest absolute Gasteiger partial charge is 0.322 e. The molecule has 0 radical (unpaired) electrons. The lowest BCUT2D eigenvalue weighted by atomic mass is 9.87. The van der Waals surface area contributed by atoms with Gasteiger partial charge in [-0.25, -0.2) is 8.42 Å². The number of benzene rings is 2. The maximum absolute atomic E-state index is 12.6. The summed E-state index contributed by atoms with van der Waals surface area (Å²) in [5.41, 5.74) is 5.71. The second-order valence-electron chi connectivity index (χ2n) is 7.32. The first kappa shape index (κ1) is 19.4. The third-order valence-electron chi connectivity index (χ3n) is 5.04. The van der Waals surface area contributed by atoms with Crippen LogP contribution < -0.4 is 10.0 Å². The number of fused-ring (bicyclic) bond motifs is 1. The topological polar surface area (TPSA) is 75.3 Å². The quantitative estimate of drug-likeness (QED) is 0.805. The summed E-state index contributed by atoms with van der Waals surface area (Å²) in [6.07, 6.45) is 4.39. The summed E-state index contributed by atoms with van der Waals surface area (Å²) in [6, 6.07) is 10.5. The molecule has 0 heterocycles. The van der Waals surface area contributed by atoms with E-state index < -0.39 is 15.3 Å². The molecule has 0 aromatic heterocycles. The van der Waals surface area contributed by atoms with Crippen molar-refractivity contribution in [2.24, 2.45) is 0 Å². The standard InChI is InChI=1S/C21H26N2O3S/c1-14(2)27(25,26)23-17-11-9-16(10-12-17)21(24)22-20-13-8-15(3)18-6-4-5-7-19(18)20/h8-14,23H,4-7H2,1-3H3,(H,22,24). The molecule has 1 aliphatic carbocycles. The van der Waals surface area contributed by atoms with Gasteiger partial charge in [-0.05, 0) is 93.5 Å². The fourth-order valence-corrected chi connectivity index (χ4v) is 4.03. The van der Waals surface area contributed by atoms with Gasteiger partial charge in [0.2, 0.25) is 10.0 Å². The Morgan fingerprint density at radius 1 is 0.963 bits per heavy atom. The lowest BCUT2D eigenvalue weighted by Crippen LogP contribution is -2.22. The van der Waals surface area contributed by atoms with Gasteiger partial charge in [-0.1, -0.05) is 6.07 Å². The summed E-state index contributed by atoms with van der Waals surface area (Å²) in [7, 11) is -3.40. The highest BCUT2D eigenvalue weighted by atomic mass is 32.2. The molecule has 2 aromatic rings. The van der Waals surface area contributed by atoms with Crippen LogP contribution in [0.5, 0.6) is 0 Å². The van der Waals surface area contributed by atoms with E-state index in [4.69, 9.17) is 0 Å². The monoisotopic (exact) mass is 386 g/mol. The normalized spacial score (nSPS) is 13.9. The lowest BCUT2D eigenvalue weighted by Gasteiger charge is -2.22. The fourth-order valence-electron chi connectivity index (χ4n) is 3.33. The Morgan fingerprint density at radius 2 is 1.59 bits per heavy atom. The molecule has 0 bridgehead atoms. The van der Waals surface area contributed by atoms with E-state index >= 15 is 0 Å². The molecular formula is C21H26N2O3S. The van der Waals surface area contributed by atoms with Crippen LogP contribution in [0, 0.1) is 6.92 Å². The highest BCUT2D eigenvalue weighted by Gasteiger charge is 2.18. The first-order valence-corrected chi connectivity index (χ1v) is 10.9. The zero-order valence-corrected chi connectivity index (χ0v) is 16.8. The number of amides is 1. The zero-order chi connectivity index (χ0) is 19.6. The van der Waals surface area contributed by atoms with Crippen molar-refractivity contribution in [3.05, 3.63) is 58.7 Å². The van der Waals surface area contributed by atoms with Gasteiger partial charge in [-0.3, -0.25) is 9.52 Å². The first-order chi connectivity index (χ1) is 12.8. The summed E-state index contributed by atoms with van der Waals surface area (Å²) >= 11 is 0. The Kier molecular flexibility index (Phi) is 5.56. The molecule has 27 heavy (non-hydrogen) atoms. The Labute approximate surface area is 161 Å². The molecule has 2 aromatic carbocycles. The number of aryl methyl sites for hydroxylation is 1. The van der Waals surface area contributed by atoms with Gasteiger partial charge in [0.1, 0.15) is 0 Å². The van der Waals surface area contributed by atoms with Crippen LogP contribution in [0.4, 0.5) is 11.4 Å². The minimum atomic E-state index is -3.40. The Morgan fingerprint density at radius 3 is 2.22 bits per heavy atom. The summed E-state index contributed by atoms with van der Waals surface area (Å²) in [5.74, 6) is -0.190. The predicted octanol–water partition coefficient (Wildman–Crippen LogP) is 4.28. The number of anilines is 2. The Balaban J connectivity index is 1.76. The molecule has 5 nitrogen and oxygen atoms in total. The van der Waals surface area contributed by atoms with Crippen molar-refractivity contribution >= 4 is 27.3 Å². The maximum Gasteiger partial charge on any atom is 0.255 e. The number of carbonyl (C=O) groups excluding carboxylic acids is 1. The van der Waals surface area contributed by atoms with Gasteiger partial charge in [0.05, 0.1) is 5.25 Å². The Bertz CT molecular complexity index is 948. The average molecular weight is 387 g/mol. The van der Waals surface area contributed by atoms with E-state index in [-0.39, 0.29) is 5.91 Å². The maximum atomic E-state index is 12.6. The molecule has 1 aliphatic rings. The molecule has 0 saturated carbocycles. The second kappa shape index (κ2) is 7.72. The molecule has 0 aliphatic heterocycles. The van der Waals surface area contributed by atoms with Crippen LogP contribution in [0.15, 0.2) is 36.4 Å². The Hall–Kier alpha value is -2.34. The zero-order valence-electron chi connectivity index (χ0n) is 16.0. The summed E-state index contributed by atoms with van der Waals surface area (Å²) in [6.45, 7) is 5.35. The van der Waals surface area contributed by atoms with Crippen LogP contribution in [0.3, 0.4) is 0 Å². The van der Waals surface area contributed by atoms with E-state index in [1.165, 1.54) is 23.1 Å². The van der Waals surface area contributed by atoms with Crippen LogP contribution in [-0.4, -0.2) is 19.6 Å². The van der Waals surface area contributed by atoms with E-state index in [0.29, 0.717) is 11.3 Å². The van der Waals surface area contributed by atoms with Crippen molar-refractivity contribution < 1.29 is 13.2 Å². The van der Waals surface area contributed by atoms with Crippen LogP contribution in [0.25, 0.3) is 0 Å². The van der Waals surface area contributed by atoms with Gasteiger partial charge in [0.15, 0.2) is 0 Å². The predicted molar refractivity (Wildman–Crippen MR) is 110 cm³/mol. The summed E-state index contributed by atoms with van der Waals surface area (Å²) in [4.78, 5) is 12.6. The number of sulfonamides is 1. The molecule has 0 fully saturated rings. The van der Waals surface area contributed by atoms with Gasteiger partial charge in [-0.15, -0.1) is 0 Å². The average Bonchev–Trinajstić information content (AvgIpc) is 2.64. The SMILES string of the molecule is Cc1ccc(NC(=O)c2ccc(NS(=O)(=O)C(C)C)cc2)c2c1CCCC2. The third-order valence-corrected chi connectivity index (χ3v) is 6.81. The first-order valence-electron chi connectivity index (χ1n) is 9.32. The smallest absolute Gasteiger partial charge is 0.255 e. The van der Waals surface area contributed by atoms with Crippen LogP contribution in [0.2, 0.25) is 0 Å². The van der Waals surface area contributed by atoms with Gasteiger partial charge in [0.25, 0.3) is 5.91 Å². The van der Waals surface area contributed by atoms with E-state index in [1.807, 2.05) is 6.07 Å². The highest BCUT2D eigenvalue weighted by Crippen LogP contribution is 2.30. The number of hydrogen-bond acceptors (Lipinski definition) is 3. The van der Waals surface area contributed by atoms with Crippen molar-refractivity contribution in [2.75, 3.05) is 10.0 Å². The van der Waals surface area contributed by atoms with Crippen molar-refractivity contribution in [1.29, 1.82) is 0 Å². The second-order valence-corrected chi connectivity index (χ2v) is 9.56. The number of nitrogens with one attached hydrogen (secondary N) is 2. The van der Waals surface area contributed by atoms with Crippen LogP contribution in [0.1, 0.15) is 53.7 Å². The molecule has 0 unspecified atom stereocenters. The van der Waals surface area contributed by atoms with Gasteiger partial charge < -0.3 is 5.32 Å². The van der Waals surface area contributed by atoms with Gasteiger partial charge >= 0.3 is 0 Å². The number of carbonyl (C=O) groups is 1. The van der Waals surface area contributed by atoms with E-state index in [2.05, 4.69) is 23.0 Å². The van der Waals surface area contributed by atoms with Gasteiger partial charge in [-0.2, -0.15) is 0 Å². The number of rotatable bonds is 5. The van der Waals surface area contributed by atoms with Crippen LogP contribution in [-0.2, 0) is 22.9 Å². The lowest BCUT2D eigenvalue weighted by molar-refractivity contribution is 0.102. The van der Waals surface area contributed by atoms with Crippen molar-refractivity contribution in [3.63, 3.8) is 0 Å². The summed E-state index contributed by atoms with van der Waals surface area (Å²) in [5, 5.41) is 2.50.